The van der Waals surface area contributed by atoms with E-state index in [0.29, 0.717) is 33.8 Å². The van der Waals surface area contributed by atoms with Gasteiger partial charge in [-0.25, -0.2) is 4.98 Å². The van der Waals surface area contributed by atoms with Gasteiger partial charge in [-0.15, -0.1) is 11.3 Å². The van der Waals surface area contributed by atoms with Crippen molar-refractivity contribution in [3.8, 4) is 0 Å². The number of nitrogens with zero attached hydrogens (tertiary/aromatic N) is 1. The second kappa shape index (κ2) is 5.28. The number of amides is 1. The predicted molar refractivity (Wildman–Crippen MR) is 69.2 cm³/mol. The molecule has 0 saturated heterocycles. The highest BCUT2D eigenvalue weighted by Crippen LogP contribution is 2.26. The molecule has 0 spiro atoms. The highest BCUT2D eigenvalue weighted by molar-refractivity contribution is 7.20. The Hall–Kier alpha value is -1.73. The minimum absolute atomic E-state index is 0.202. The molecule has 6 nitrogen and oxygen atoms in total. The van der Waals surface area contributed by atoms with Gasteiger partial charge in [0.2, 0.25) is 0 Å². The van der Waals surface area contributed by atoms with E-state index in [2.05, 4.69) is 15.3 Å². The third-order valence-electron chi connectivity index (χ3n) is 2.53. The van der Waals surface area contributed by atoms with Crippen molar-refractivity contribution in [3.63, 3.8) is 0 Å². The fraction of sp³-hybridized carbons (Fsp3) is 0.364. The van der Waals surface area contributed by atoms with Crippen molar-refractivity contribution in [2.24, 2.45) is 0 Å². The molecule has 0 aliphatic rings. The van der Waals surface area contributed by atoms with E-state index in [0.717, 1.165) is 0 Å². The van der Waals surface area contributed by atoms with Gasteiger partial charge in [0.15, 0.2) is 0 Å². The Bertz CT molecular complexity index is 632. The standard InChI is InChI=1S/C11H13N3O3S/c1-6-7-9(15)13-5-14-11(7)18-8(6)10(16)12-3-4-17-2/h5H,3-4H2,1-2H3,(H,12,16)(H,13,14,15). The number of aromatic nitrogens is 2. The summed E-state index contributed by atoms with van der Waals surface area (Å²) in [7, 11) is 1.57. The molecule has 0 saturated carbocycles. The quantitative estimate of drug-likeness (QED) is 0.797. The molecule has 96 valence electrons. The van der Waals surface area contributed by atoms with E-state index < -0.39 is 0 Å². The van der Waals surface area contributed by atoms with Gasteiger partial charge in [0.25, 0.3) is 11.5 Å². The maximum atomic E-state index is 11.9. The number of fused-ring (bicyclic) bond motifs is 1. The zero-order chi connectivity index (χ0) is 13.1. The number of nitrogens with one attached hydrogen (secondary N) is 2. The second-order valence-electron chi connectivity index (χ2n) is 3.72. The Morgan fingerprint density at radius 1 is 1.61 bits per heavy atom. The van der Waals surface area contributed by atoms with Crippen LogP contribution in [0.2, 0.25) is 0 Å². The molecule has 0 aliphatic heterocycles. The predicted octanol–water partition coefficient (Wildman–Crippen LogP) is 0.669. The van der Waals surface area contributed by atoms with Crippen molar-refractivity contribution in [1.29, 1.82) is 0 Å². The average molecular weight is 267 g/mol. The number of H-pyrrole nitrogens is 1. The summed E-state index contributed by atoms with van der Waals surface area (Å²) in [5, 5.41) is 3.21. The molecular weight excluding hydrogens is 254 g/mol. The second-order valence-corrected chi connectivity index (χ2v) is 4.72. The van der Waals surface area contributed by atoms with E-state index in [1.54, 1.807) is 14.0 Å². The van der Waals surface area contributed by atoms with Crippen LogP contribution in [0, 0.1) is 6.92 Å². The highest BCUT2D eigenvalue weighted by Gasteiger charge is 2.17. The number of carbonyl (C=O) groups excluding carboxylic acids is 1. The van der Waals surface area contributed by atoms with Crippen molar-refractivity contribution in [1.82, 2.24) is 15.3 Å². The molecule has 2 aromatic heterocycles. The number of hydrogen-bond donors (Lipinski definition) is 2. The maximum absolute atomic E-state index is 11.9. The monoisotopic (exact) mass is 267 g/mol. The van der Waals surface area contributed by atoms with Crippen LogP contribution in [0.5, 0.6) is 0 Å². The summed E-state index contributed by atoms with van der Waals surface area (Å²) in [5.41, 5.74) is 0.448. The van der Waals surface area contributed by atoms with Crippen LogP contribution in [0.4, 0.5) is 0 Å². The fourth-order valence-electron chi connectivity index (χ4n) is 1.64. The molecule has 0 fully saturated rings. The Kier molecular flexibility index (Phi) is 3.73. The summed E-state index contributed by atoms with van der Waals surface area (Å²) in [6, 6.07) is 0. The molecule has 0 atom stereocenters. The molecule has 0 aliphatic carbocycles. The van der Waals surface area contributed by atoms with Crippen molar-refractivity contribution in [3.05, 3.63) is 27.1 Å². The van der Waals surface area contributed by atoms with Gasteiger partial charge in [-0.3, -0.25) is 9.59 Å². The Morgan fingerprint density at radius 3 is 3.06 bits per heavy atom. The van der Waals surface area contributed by atoms with Crippen LogP contribution in [0.15, 0.2) is 11.1 Å². The van der Waals surface area contributed by atoms with Gasteiger partial charge in [-0.1, -0.05) is 0 Å². The van der Waals surface area contributed by atoms with Gasteiger partial charge >= 0.3 is 0 Å². The molecule has 7 heteroatoms. The van der Waals surface area contributed by atoms with E-state index in [1.807, 2.05) is 0 Å². The van der Waals surface area contributed by atoms with Crippen LogP contribution in [-0.4, -0.2) is 36.1 Å². The Balaban J connectivity index is 2.34. The number of hydrogen-bond acceptors (Lipinski definition) is 5. The molecule has 2 N–H and O–H groups in total. The van der Waals surface area contributed by atoms with Crippen LogP contribution in [0.25, 0.3) is 10.2 Å². The van der Waals surface area contributed by atoms with Crippen molar-refractivity contribution >= 4 is 27.5 Å². The molecule has 0 aromatic carbocycles. The Morgan fingerprint density at radius 2 is 2.39 bits per heavy atom. The normalized spacial score (nSPS) is 10.8. The number of rotatable bonds is 4. The SMILES string of the molecule is COCCNC(=O)c1sc2nc[nH]c(=O)c2c1C. The largest absolute Gasteiger partial charge is 0.383 e. The maximum Gasteiger partial charge on any atom is 0.261 e. The number of methoxy groups -OCH3 is 1. The fourth-order valence-corrected chi connectivity index (χ4v) is 2.71. The molecule has 0 radical (unpaired) electrons. The van der Waals surface area contributed by atoms with E-state index >= 15 is 0 Å². The molecule has 0 bridgehead atoms. The minimum Gasteiger partial charge on any atom is -0.383 e. The first-order valence-electron chi connectivity index (χ1n) is 5.39. The van der Waals surface area contributed by atoms with E-state index in [1.165, 1.54) is 17.7 Å². The van der Waals surface area contributed by atoms with Gasteiger partial charge in [0, 0.05) is 13.7 Å². The molecule has 1 amide bonds. The van der Waals surface area contributed by atoms with Crippen LogP contribution < -0.4 is 10.9 Å². The zero-order valence-electron chi connectivity index (χ0n) is 10.1. The lowest BCUT2D eigenvalue weighted by atomic mass is 10.2. The summed E-state index contributed by atoms with van der Waals surface area (Å²) in [5.74, 6) is -0.202. The number of aryl methyl sites for hydroxylation is 1. The summed E-state index contributed by atoms with van der Waals surface area (Å²) < 4.78 is 4.86. The van der Waals surface area contributed by atoms with Gasteiger partial charge in [-0.05, 0) is 12.5 Å². The molecule has 18 heavy (non-hydrogen) atoms. The molecule has 2 rings (SSSR count). The van der Waals surface area contributed by atoms with Gasteiger partial charge < -0.3 is 15.0 Å². The first-order valence-corrected chi connectivity index (χ1v) is 6.20. The first kappa shape index (κ1) is 12.7. The van der Waals surface area contributed by atoms with Gasteiger partial charge in [0.1, 0.15) is 4.83 Å². The smallest absolute Gasteiger partial charge is 0.261 e. The lowest BCUT2D eigenvalue weighted by Gasteiger charge is -2.02. The van der Waals surface area contributed by atoms with Crippen LogP contribution in [0.1, 0.15) is 15.2 Å². The third kappa shape index (κ3) is 2.27. The minimum atomic E-state index is -0.218. The van der Waals surface area contributed by atoms with Crippen molar-refractivity contribution in [2.45, 2.75) is 6.92 Å². The van der Waals surface area contributed by atoms with E-state index in [9.17, 15) is 9.59 Å². The summed E-state index contributed by atoms with van der Waals surface area (Å²) in [4.78, 5) is 31.2. The lowest BCUT2D eigenvalue weighted by molar-refractivity contribution is 0.0940. The summed E-state index contributed by atoms with van der Waals surface area (Å²) in [6.45, 7) is 2.64. The van der Waals surface area contributed by atoms with Crippen molar-refractivity contribution < 1.29 is 9.53 Å². The molecule has 2 heterocycles. The topological polar surface area (TPSA) is 84.1 Å². The number of thiophene rings is 1. The average Bonchev–Trinajstić information content (AvgIpc) is 2.68. The number of ether oxygens (including phenoxy) is 1. The van der Waals surface area contributed by atoms with Gasteiger partial charge in [0.05, 0.1) is 23.2 Å². The molecule has 0 unspecified atom stereocenters. The molecular formula is C11H13N3O3S. The number of carbonyl (C=O) groups is 1. The highest BCUT2D eigenvalue weighted by atomic mass is 32.1. The summed E-state index contributed by atoms with van der Waals surface area (Å²) >= 11 is 1.22. The van der Waals surface area contributed by atoms with Crippen molar-refractivity contribution in [2.75, 3.05) is 20.3 Å². The Labute approximate surface area is 107 Å². The van der Waals surface area contributed by atoms with E-state index in [-0.39, 0.29) is 11.5 Å². The van der Waals surface area contributed by atoms with Crippen LogP contribution in [-0.2, 0) is 4.74 Å². The lowest BCUT2D eigenvalue weighted by Crippen LogP contribution is -2.26. The third-order valence-corrected chi connectivity index (χ3v) is 3.73. The molecule has 2 aromatic rings. The van der Waals surface area contributed by atoms with E-state index in [4.69, 9.17) is 4.74 Å². The first-order chi connectivity index (χ1) is 8.65. The number of aromatic amines is 1. The van der Waals surface area contributed by atoms with Gasteiger partial charge in [-0.2, -0.15) is 0 Å². The van der Waals surface area contributed by atoms with Crippen LogP contribution in [0.3, 0.4) is 0 Å². The summed E-state index contributed by atoms with van der Waals surface area (Å²) in [6.07, 6.45) is 1.34. The zero-order valence-corrected chi connectivity index (χ0v) is 10.9. The van der Waals surface area contributed by atoms with Crippen LogP contribution >= 0.6 is 11.3 Å².